The van der Waals surface area contributed by atoms with Gasteiger partial charge in [-0.05, 0) is 29.3 Å². The van der Waals surface area contributed by atoms with Gasteiger partial charge in [-0.1, -0.05) is 30.4 Å². The molecule has 0 N–H and O–H groups in total. The van der Waals surface area contributed by atoms with Gasteiger partial charge in [0.1, 0.15) is 13.2 Å². The second-order valence-electron chi connectivity index (χ2n) is 7.57. The Kier molecular flexibility index (Phi) is 19.5. The Morgan fingerprint density at radius 1 is 0.553 bits per heavy atom. The van der Waals surface area contributed by atoms with Crippen molar-refractivity contribution in [2.45, 2.75) is 0 Å². The van der Waals surface area contributed by atoms with Crippen LogP contribution in [0.1, 0.15) is 31.8 Å². The smallest absolute Gasteiger partial charge is 0.545 e. The third-order valence-corrected chi connectivity index (χ3v) is 5.01. The van der Waals surface area contributed by atoms with Crippen molar-refractivity contribution in [3.05, 3.63) is 58.7 Å². The number of carbonyl (C=O) groups excluding carboxylic acids is 2. The molecule has 0 bridgehead atoms. The number of fused-ring (bicyclic) bond motifs is 1. The third-order valence-electron chi connectivity index (χ3n) is 5.01. The Morgan fingerprint density at radius 2 is 0.974 bits per heavy atom. The number of hydrogen-bond acceptors (Lipinski definition) is 10. The van der Waals surface area contributed by atoms with Crippen molar-refractivity contribution in [2.24, 2.45) is 0 Å². The van der Waals surface area contributed by atoms with Crippen LogP contribution in [-0.4, -0.2) is 78.0 Å². The molecule has 0 atom stereocenters. The first kappa shape index (κ1) is 35.9. The van der Waals surface area contributed by atoms with Gasteiger partial charge in [0.15, 0.2) is 11.5 Å². The van der Waals surface area contributed by atoms with E-state index in [1.807, 2.05) is 6.07 Å². The first-order chi connectivity index (χ1) is 17.5. The quantitative estimate of drug-likeness (QED) is 0.255. The molecule has 2 aromatic rings. The summed E-state index contributed by atoms with van der Waals surface area (Å²) in [6, 6.07) is 9.22. The standard InChI is InChI=1S/C26H30O10.2K/c27-25(28)21-5-3-19(17-22(21)26(29)30)1-2-20-4-6-23-24(18-20)36-16-14-34-12-10-32-8-7-31-9-11-33-13-15-35-23;;/h1-6,17-18H,7-16H2,(H,27,28)(H,29,30);;/q;2*+1/p-2/b2-1+;;. The first-order valence-corrected chi connectivity index (χ1v) is 11.5. The van der Waals surface area contributed by atoms with E-state index in [4.69, 9.17) is 28.4 Å². The van der Waals surface area contributed by atoms with Gasteiger partial charge in [-0.2, -0.15) is 0 Å². The summed E-state index contributed by atoms with van der Waals surface area (Å²) < 4.78 is 33.6. The summed E-state index contributed by atoms with van der Waals surface area (Å²) >= 11 is 0. The van der Waals surface area contributed by atoms with Gasteiger partial charge < -0.3 is 48.2 Å². The largest absolute Gasteiger partial charge is 1.00 e. The van der Waals surface area contributed by atoms with Crippen LogP contribution >= 0.6 is 0 Å². The van der Waals surface area contributed by atoms with E-state index in [-0.39, 0.29) is 103 Å². The Hall–Kier alpha value is -0.167. The van der Waals surface area contributed by atoms with Crippen LogP contribution in [-0.2, 0) is 18.9 Å². The topological polar surface area (TPSA) is 136 Å². The Bertz CT molecular complexity index is 1040. The van der Waals surface area contributed by atoms with Crippen molar-refractivity contribution in [1.29, 1.82) is 0 Å². The van der Waals surface area contributed by atoms with Crippen LogP contribution in [0, 0.1) is 0 Å². The fourth-order valence-electron chi connectivity index (χ4n) is 3.25. The average molecular weight is 579 g/mol. The summed E-state index contributed by atoms with van der Waals surface area (Å²) in [6.45, 7) is 4.15. The summed E-state index contributed by atoms with van der Waals surface area (Å²) in [6.07, 6.45) is 3.38. The van der Waals surface area contributed by atoms with Gasteiger partial charge in [-0.15, -0.1) is 0 Å². The maximum atomic E-state index is 11.3. The van der Waals surface area contributed by atoms with E-state index < -0.39 is 23.1 Å². The molecule has 0 aromatic heterocycles. The van der Waals surface area contributed by atoms with Crippen molar-refractivity contribution >= 4 is 24.1 Å². The molecule has 0 spiro atoms. The van der Waals surface area contributed by atoms with Crippen LogP contribution in [0.5, 0.6) is 11.5 Å². The fourth-order valence-corrected chi connectivity index (χ4v) is 3.25. The minimum absolute atomic E-state index is 0. The predicted octanol–water partition coefficient (Wildman–Crippen LogP) is -5.57. The fraction of sp³-hybridized carbons (Fsp3) is 0.385. The first-order valence-electron chi connectivity index (χ1n) is 11.5. The molecule has 10 nitrogen and oxygen atoms in total. The SMILES string of the molecule is O=C([O-])c1ccc(/C=C/c2ccc3c(c2)OCCOCCOCCOCCOCCO3)cc1C(=O)[O-].[K+].[K+]. The van der Waals surface area contributed by atoms with Crippen molar-refractivity contribution in [3.63, 3.8) is 0 Å². The predicted molar refractivity (Wildman–Crippen MR) is 125 cm³/mol. The molecule has 0 fully saturated rings. The van der Waals surface area contributed by atoms with Gasteiger partial charge in [0.05, 0.1) is 64.8 Å². The molecule has 0 saturated carbocycles. The zero-order valence-electron chi connectivity index (χ0n) is 21.8. The third kappa shape index (κ3) is 13.0. The van der Waals surface area contributed by atoms with Crippen molar-refractivity contribution in [2.75, 3.05) is 66.1 Å². The van der Waals surface area contributed by atoms with Gasteiger partial charge in [-0.25, -0.2) is 0 Å². The zero-order valence-corrected chi connectivity index (χ0v) is 28.0. The molecular weight excluding hydrogens is 550 g/mol. The molecule has 194 valence electrons. The summed E-state index contributed by atoms with van der Waals surface area (Å²) in [5, 5.41) is 22.4. The van der Waals surface area contributed by atoms with Crippen LogP contribution in [0.15, 0.2) is 36.4 Å². The van der Waals surface area contributed by atoms with E-state index in [1.165, 1.54) is 18.2 Å². The molecule has 1 heterocycles. The molecule has 0 saturated heterocycles. The van der Waals surface area contributed by atoms with Crippen LogP contribution in [0.4, 0.5) is 0 Å². The van der Waals surface area contributed by atoms with Crippen LogP contribution < -0.4 is 122 Å². The molecule has 38 heavy (non-hydrogen) atoms. The number of carboxylic acids is 2. The van der Waals surface area contributed by atoms with E-state index >= 15 is 0 Å². The molecule has 12 heteroatoms. The minimum Gasteiger partial charge on any atom is -0.545 e. The number of carbonyl (C=O) groups is 2. The van der Waals surface area contributed by atoms with Gasteiger partial charge >= 0.3 is 103 Å². The molecule has 0 radical (unpaired) electrons. The molecule has 2 aromatic carbocycles. The van der Waals surface area contributed by atoms with Crippen LogP contribution in [0.25, 0.3) is 12.2 Å². The van der Waals surface area contributed by atoms with Gasteiger partial charge in [0, 0.05) is 11.1 Å². The number of aromatic carboxylic acids is 2. The number of rotatable bonds is 4. The molecule has 0 unspecified atom stereocenters. The normalized spacial score (nSPS) is 15.8. The maximum absolute atomic E-state index is 11.3. The zero-order chi connectivity index (χ0) is 25.6. The van der Waals surface area contributed by atoms with Gasteiger partial charge in [0.25, 0.3) is 0 Å². The summed E-state index contributed by atoms with van der Waals surface area (Å²) in [7, 11) is 0. The Balaban J connectivity index is 0.00000361. The molecular formula is C26H28K2O10. The van der Waals surface area contributed by atoms with E-state index in [2.05, 4.69) is 0 Å². The van der Waals surface area contributed by atoms with E-state index in [9.17, 15) is 19.8 Å². The molecule has 1 aliphatic heterocycles. The van der Waals surface area contributed by atoms with Crippen LogP contribution in [0.2, 0.25) is 0 Å². The van der Waals surface area contributed by atoms with E-state index in [0.717, 1.165) is 5.56 Å². The van der Waals surface area contributed by atoms with Crippen molar-refractivity contribution < 1.29 is 151 Å². The van der Waals surface area contributed by atoms with Crippen LogP contribution in [0.3, 0.4) is 0 Å². The average Bonchev–Trinajstić information content (AvgIpc) is 2.87. The van der Waals surface area contributed by atoms with Gasteiger partial charge in [0.2, 0.25) is 0 Å². The molecule has 0 amide bonds. The number of carboxylic acid groups (broad SMARTS) is 2. The monoisotopic (exact) mass is 578 g/mol. The second kappa shape index (κ2) is 20.7. The molecule has 3 rings (SSSR count). The maximum Gasteiger partial charge on any atom is 1.00 e. The summed E-state index contributed by atoms with van der Waals surface area (Å²) in [5.74, 6) is -2.14. The number of hydrogen-bond donors (Lipinski definition) is 0. The summed E-state index contributed by atoms with van der Waals surface area (Å²) in [4.78, 5) is 22.4. The summed E-state index contributed by atoms with van der Waals surface area (Å²) in [5.41, 5.74) is 0.343. The van der Waals surface area contributed by atoms with Gasteiger partial charge in [-0.3, -0.25) is 0 Å². The molecule has 1 aliphatic rings. The Morgan fingerprint density at radius 3 is 1.47 bits per heavy atom. The van der Waals surface area contributed by atoms with E-state index in [1.54, 1.807) is 24.3 Å². The second-order valence-corrected chi connectivity index (χ2v) is 7.57. The minimum atomic E-state index is -1.59. The Labute approximate surface area is 306 Å². The number of benzene rings is 2. The van der Waals surface area contributed by atoms with E-state index in [0.29, 0.717) is 83.1 Å². The number of ether oxygens (including phenoxy) is 6. The molecule has 0 aliphatic carbocycles. The van der Waals surface area contributed by atoms with Crippen molar-refractivity contribution in [3.8, 4) is 11.5 Å². The van der Waals surface area contributed by atoms with Crippen molar-refractivity contribution in [1.82, 2.24) is 0 Å².